The molecule has 2 aromatic heterocycles. The summed E-state index contributed by atoms with van der Waals surface area (Å²) in [5.74, 6) is -0.148. The summed E-state index contributed by atoms with van der Waals surface area (Å²) in [6, 6.07) is 3.80. The molecule has 0 atom stereocenters. The Hall–Kier alpha value is -1.66. The average Bonchev–Trinajstić information content (AvgIpc) is 2.85. The molecule has 6 heteroatoms. The van der Waals surface area contributed by atoms with Crippen LogP contribution in [0.2, 0.25) is 0 Å². The van der Waals surface area contributed by atoms with Gasteiger partial charge in [-0.2, -0.15) is 0 Å². The number of carbonyl (C=O) groups excluding carboxylic acids is 1. The predicted octanol–water partition coefficient (Wildman–Crippen LogP) is 2.05. The van der Waals surface area contributed by atoms with E-state index in [-0.39, 0.29) is 5.91 Å². The fourth-order valence-corrected chi connectivity index (χ4v) is 2.68. The third-order valence-electron chi connectivity index (χ3n) is 2.39. The van der Waals surface area contributed by atoms with E-state index in [9.17, 15) is 4.79 Å². The fourth-order valence-electron chi connectivity index (χ4n) is 1.65. The maximum Gasteiger partial charge on any atom is 0.263 e. The van der Waals surface area contributed by atoms with Crippen molar-refractivity contribution in [2.24, 2.45) is 0 Å². The van der Waals surface area contributed by atoms with Gasteiger partial charge in [-0.15, -0.1) is 0 Å². The van der Waals surface area contributed by atoms with Crippen molar-refractivity contribution >= 4 is 51.3 Å². The molecule has 3 heterocycles. The van der Waals surface area contributed by atoms with E-state index in [0.717, 1.165) is 16.6 Å². The highest BCUT2D eigenvalue weighted by atomic mass is 32.2. The van der Waals surface area contributed by atoms with Gasteiger partial charge in [-0.25, -0.2) is 0 Å². The maximum atomic E-state index is 11.5. The molecule has 0 radical (unpaired) electrons. The molecule has 0 spiro atoms. The smallest absolute Gasteiger partial charge is 0.263 e. The largest absolute Gasteiger partial charge is 0.359 e. The van der Waals surface area contributed by atoms with Crippen LogP contribution < -0.4 is 5.32 Å². The number of rotatable bonds is 1. The molecular weight excluding hydrogens is 254 g/mol. The Morgan fingerprint density at radius 1 is 1.47 bits per heavy atom. The number of H-pyrrole nitrogens is 1. The molecule has 84 valence electrons. The number of pyridine rings is 1. The Balaban J connectivity index is 2.08. The standard InChI is InChI=1S/C11H7N3OS2/c15-10-8(17-11(16)14-10)4-6-5-13-7-2-1-3-12-9(6)7/h1-5,13H,(H,14,15,16). The van der Waals surface area contributed by atoms with E-state index >= 15 is 0 Å². The molecule has 2 N–H and O–H groups in total. The van der Waals surface area contributed by atoms with E-state index in [2.05, 4.69) is 15.3 Å². The van der Waals surface area contributed by atoms with Crippen LogP contribution in [-0.2, 0) is 4.79 Å². The van der Waals surface area contributed by atoms with Gasteiger partial charge in [0.15, 0.2) is 0 Å². The van der Waals surface area contributed by atoms with Crippen molar-refractivity contribution in [2.75, 3.05) is 0 Å². The molecule has 1 aliphatic heterocycles. The van der Waals surface area contributed by atoms with Gasteiger partial charge >= 0.3 is 0 Å². The van der Waals surface area contributed by atoms with Crippen LogP contribution in [0.1, 0.15) is 5.56 Å². The van der Waals surface area contributed by atoms with Crippen LogP contribution in [0.15, 0.2) is 29.4 Å². The van der Waals surface area contributed by atoms with Crippen LogP contribution in [0, 0.1) is 0 Å². The van der Waals surface area contributed by atoms with Crippen molar-refractivity contribution in [1.82, 2.24) is 15.3 Å². The Bertz CT molecular complexity index is 660. The molecule has 0 bridgehead atoms. The lowest BCUT2D eigenvalue weighted by atomic mass is 10.2. The van der Waals surface area contributed by atoms with Crippen LogP contribution in [-0.4, -0.2) is 20.2 Å². The summed E-state index contributed by atoms with van der Waals surface area (Å²) < 4.78 is 0.494. The van der Waals surface area contributed by atoms with Gasteiger partial charge in [0.25, 0.3) is 5.91 Å². The second kappa shape index (κ2) is 3.97. The van der Waals surface area contributed by atoms with Gasteiger partial charge in [-0.3, -0.25) is 9.78 Å². The number of nitrogens with zero attached hydrogens (tertiary/aromatic N) is 1. The summed E-state index contributed by atoms with van der Waals surface area (Å²) in [6.45, 7) is 0. The van der Waals surface area contributed by atoms with Gasteiger partial charge in [-0.1, -0.05) is 24.0 Å². The van der Waals surface area contributed by atoms with Gasteiger partial charge < -0.3 is 10.3 Å². The number of hydrogen-bond donors (Lipinski definition) is 2. The van der Waals surface area contributed by atoms with Crippen LogP contribution in [0.3, 0.4) is 0 Å². The van der Waals surface area contributed by atoms with Crippen molar-refractivity contribution in [1.29, 1.82) is 0 Å². The number of amides is 1. The van der Waals surface area contributed by atoms with Gasteiger partial charge in [-0.05, 0) is 18.2 Å². The number of hydrogen-bond acceptors (Lipinski definition) is 4. The molecule has 2 aromatic rings. The van der Waals surface area contributed by atoms with Crippen molar-refractivity contribution < 1.29 is 4.79 Å². The van der Waals surface area contributed by atoms with Crippen molar-refractivity contribution in [3.63, 3.8) is 0 Å². The minimum absolute atomic E-state index is 0.148. The number of aromatic amines is 1. The first-order valence-electron chi connectivity index (χ1n) is 4.91. The highest BCUT2D eigenvalue weighted by Gasteiger charge is 2.22. The first-order valence-corrected chi connectivity index (χ1v) is 6.13. The Morgan fingerprint density at radius 2 is 2.35 bits per heavy atom. The van der Waals surface area contributed by atoms with Crippen LogP contribution in [0.25, 0.3) is 17.1 Å². The van der Waals surface area contributed by atoms with Crippen LogP contribution in [0.5, 0.6) is 0 Å². The van der Waals surface area contributed by atoms with E-state index in [1.165, 1.54) is 11.8 Å². The minimum atomic E-state index is -0.148. The number of aromatic nitrogens is 2. The van der Waals surface area contributed by atoms with E-state index in [4.69, 9.17) is 12.2 Å². The zero-order chi connectivity index (χ0) is 11.8. The highest BCUT2D eigenvalue weighted by Crippen LogP contribution is 2.27. The molecule has 0 aromatic carbocycles. The predicted molar refractivity (Wildman–Crippen MR) is 72.4 cm³/mol. The number of thioether (sulfide) groups is 1. The lowest BCUT2D eigenvalue weighted by Gasteiger charge is -1.92. The molecule has 0 unspecified atom stereocenters. The fraction of sp³-hybridized carbons (Fsp3) is 0. The molecule has 1 aliphatic rings. The zero-order valence-corrected chi connectivity index (χ0v) is 10.2. The SMILES string of the molecule is O=C1NC(=S)SC1=Cc1c[nH]c2cccnc12. The lowest BCUT2D eigenvalue weighted by Crippen LogP contribution is -2.17. The maximum absolute atomic E-state index is 11.5. The molecule has 1 amide bonds. The van der Waals surface area contributed by atoms with Crippen LogP contribution >= 0.6 is 24.0 Å². The zero-order valence-electron chi connectivity index (χ0n) is 8.56. The van der Waals surface area contributed by atoms with Crippen molar-refractivity contribution in [3.05, 3.63) is 35.0 Å². The molecule has 1 fully saturated rings. The minimum Gasteiger partial charge on any atom is -0.359 e. The summed E-state index contributed by atoms with van der Waals surface area (Å²) in [5.41, 5.74) is 2.69. The van der Waals surface area contributed by atoms with Crippen LogP contribution in [0.4, 0.5) is 0 Å². The quantitative estimate of drug-likeness (QED) is 0.609. The number of thiocarbonyl (C=S) groups is 1. The molecule has 4 nitrogen and oxygen atoms in total. The first-order chi connectivity index (χ1) is 8.24. The lowest BCUT2D eigenvalue weighted by molar-refractivity contribution is -0.115. The number of fused-ring (bicyclic) bond motifs is 1. The average molecular weight is 261 g/mol. The number of nitrogens with one attached hydrogen (secondary N) is 2. The monoisotopic (exact) mass is 261 g/mol. The third-order valence-corrected chi connectivity index (χ3v) is 3.56. The Kier molecular flexibility index (Phi) is 2.45. The first kappa shape index (κ1) is 10.5. The molecule has 3 rings (SSSR count). The van der Waals surface area contributed by atoms with E-state index in [0.29, 0.717) is 9.23 Å². The molecule has 1 saturated heterocycles. The highest BCUT2D eigenvalue weighted by molar-refractivity contribution is 8.26. The second-order valence-corrected chi connectivity index (χ2v) is 5.21. The van der Waals surface area contributed by atoms with E-state index < -0.39 is 0 Å². The van der Waals surface area contributed by atoms with E-state index in [1.807, 2.05) is 18.3 Å². The molecule has 17 heavy (non-hydrogen) atoms. The number of carbonyl (C=O) groups is 1. The van der Waals surface area contributed by atoms with Crippen molar-refractivity contribution in [3.8, 4) is 0 Å². The topological polar surface area (TPSA) is 57.8 Å². The Labute approximate surface area is 106 Å². The summed E-state index contributed by atoms with van der Waals surface area (Å²) in [4.78, 5) is 19.5. The molecular formula is C11H7N3OS2. The van der Waals surface area contributed by atoms with Gasteiger partial charge in [0, 0.05) is 18.0 Å². The summed E-state index contributed by atoms with van der Waals surface area (Å²) in [7, 11) is 0. The van der Waals surface area contributed by atoms with Crippen molar-refractivity contribution in [2.45, 2.75) is 0 Å². The molecule has 0 aliphatic carbocycles. The summed E-state index contributed by atoms with van der Waals surface area (Å²) >= 11 is 6.20. The third kappa shape index (κ3) is 1.85. The normalized spacial score (nSPS) is 18.0. The van der Waals surface area contributed by atoms with Gasteiger partial charge in [0.2, 0.25) is 0 Å². The summed E-state index contributed by atoms with van der Waals surface area (Å²) in [5, 5.41) is 2.58. The second-order valence-electron chi connectivity index (χ2n) is 3.50. The Morgan fingerprint density at radius 3 is 3.12 bits per heavy atom. The van der Waals surface area contributed by atoms with Gasteiger partial charge in [0.1, 0.15) is 4.32 Å². The van der Waals surface area contributed by atoms with Gasteiger partial charge in [0.05, 0.1) is 15.9 Å². The molecule has 0 saturated carbocycles. The van der Waals surface area contributed by atoms with E-state index in [1.54, 1.807) is 12.3 Å². The summed E-state index contributed by atoms with van der Waals surface area (Å²) in [6.07, 6.45) is 5.36.